The van der Waals surface area contributed by atoms with Gasteiger partial charge in [-0.2, -0.15) is 0 Å². The molecule has 2 amide bonds. The summed E-state index contributed by atoms with van der Waals surface area (Å²) in [5, 5.41) is 5.42. The number of benzene rings is 2. The number of hydrogen-bond donors (Lipinski definition) is 2. The summed E-state index contributed by atoms with van der Waals surface area (Å²) in [5.74, 6) is -1.97. The molecule has 0 fully saturated rings. The molecule has 0 aliphatic rings. The van der Waals surface area contributed by atoms with Crippen LogP contribution in [0.25, 0.3) is 0 Å². The van der Waals surface area contributed by atoms with Gasteiger partial charge >= 0.3 is 6.09 Å². The molecule has 0 spiro atoms. The Morgan fingerprint density at radius 2 is 1.65 bits per heavy atom. The highest BCUT2D eigenvalue weighted by atomic mass is 19.1. The van der Waals surface area contributed by atoms with E-state index in [9.17, 15) is 18.8 Å². The topological polar surface area (TPSA) is 84.5 Å². The van der Waals surface area contributed by atoms with Gasteiger partial charge in [-0.1, -0.05) is 35.9 Å². The quantitative estimate of drug-likeness (QED) is 0.591. The predicted molar refractivity (Wildman–Crippen MR) is 130 cm³/mol. The number of nitrogens with one attached hydrogen (secondary N) is 2. The standard InChI is InChI=1S/C27H35FN2O4/c1-17-12-13-19(21(14-17)24(32)30-26(2,3)4)20(15-18-10-8-9-11-22(18)28)23(31)16-29-25(33)34-27(5,6)7/h8-14,20H,15-16H2,1-7H3,(H,29,33)(H,30,32)/t20-/m1/s1. The summed E-state index contributed by atoms with van der Waals surface area (Å²) >= 11 is 0. The molecule has 0 saturated carbocycles. The largest absolute Gasteiger partial charge is 0.444 e. The van der Waals surface area contributed by atoms with E-state index in [4.69, 9.17) is 4.74 Å². The molecule has 0 heterocycles. The maximum atomic E-state index is 14.5. The molecule has 0 aromatic heterocycles. The van der Waals surface area contributed by atoms with Crippen molar-refractivity contribution in [2.75, 3.05) is 6.54 Å². The van der Waals surface area contributed by atoms with Crippen molar-refractivity contribution in [2.24, 2.45) is 0 Å². The minimum absolute atomic E-state index is 0.0420. The SMILES string of the molecule is Cc1ccc([C@@H](Cc2ccccc2F)C(=O)CNC(=O)OC(C)(C)C)c(C(=O)NC(C)(C)C)c1. The summed E-state index contributed by atoms with van der Waals surface area (Å²) in [6, 6.07) is 11.5. The molecular formula is C27H35FN2O4. The summed E-state index contributed by atoms with van der Waals surface area (Å²) in [4.78, 5) is 38.6. The molecule has 0 radical (unpaired) electrons. The predicted octanol–water partition coefficient (Wildman–Crippen LogP) is 5.08. The Bertz CT molecular complexity index is 1050. The van der Waals surface area contributed by atoms with Crippen LogP contribution in [0.5, 0.6) is 0 Å². The maximum Gasteiger partial charge on any atom is 0.408 e. The molecule has 0 bridgehead atoms. The van der Waals surface area contributed by atoms with Crippen molar-refractivity contribution in [3.05, 3.63) is 70.5 Å². The summed E-state index contributed by atoms with van der Waals surface area (Å²) < 4.78 is 19.7. The molecule has 0 unspecified atom stereocenters. The van der Waals surface area contributed by atoms with Gasteiger partial charge in [-0.15, -0.1) is 0 Å². The third kappa shape index (κ3) is 8.28. The second-order valence-corrected chi connectivity index (χ2v) is 10.5. The molecular weight excluding hydrogens is 435 g/mol. The average Bonchev–Trinajstić information content (AvgIpc) is 2.69. The fourth-order valence-corrected chi connectivity index (χ4v) is 3.46. The van der Waals surface area contributed by atoms with Gasteiger partial charge in [0, 0.05) is 17.0 Å². The number of ether oxygens (including phenoxy) is 1. The lowest BCUT2D eigenvalue weighted by atomic mass is 9.84. The van der Waals surface area contributed by atoms with E-state index in [0.717, 1.165) is 5.56 Å². The van der Waals surface area contributed by atoms with Gasteiger partial charge < -0.3 is 15.4 Å². The first-order chi connectivity index (χ1) is 15.7. The fourth-order valence-electron chi connectivity index (χ4n) is 3.46. The highest BCUT2D eigenvalue weighted by molar-refractivity contribution is 5.99. The summed E-state index contributed by atoms with van der Waals surface area (Å²) in [5.41, 5.74) is 0.831. The maximum absolute atomic E-state index is 14.5. The Morgan fingerprint density at radius 3 is 2.24 bits per heavy atom. The van der Waals surface area contributed by atoms with Crippen LogP contribution in [0.2, 0.25) is 0 Å². The van der Waals surface area contributed by atoms with Crippen LogP contribution in [0.15, 0.2) is 42.5 Å². The molecule has 2 rings (SSSR count). The lowest BCUT2D eigenvalue weighted by Gasteiger charge is -2.25. The number of halogens is 1. The smallest absolute Gasteiger partial charge is 0.408 e. The zero-order valence-electron chi connectivity index (χ0n) is 21.0. The van der Waals surface area contributed by atoms with Crippen molar-refractivity contribution in [1.82, 2.24) is 10.6 Å². The number of carbonyl (C=O) groups excluding carboxylic acids is 3. The van der Waals surface area contributed by atoms with Gasteiger partial charge in [0.25, 0.3) is 5.91 Å². The van der Waals surface area contributed by atoms with E-state index in [2.05, 4.69) is 10.6 Å². The summed E-state index contributed by atoms with van der Waals surface area (Å²) in [6.07, 6.45) is -0.680. The lowest BCUT2D eigenvalue weighted by molar-refractivity contribution is -0.119. The first-order valence-corrected chi connectivity index (χ1v) is 11.3. The normalized spacial score (nSPS) is 12.6. The van der Waals surface area contributed by atoms with E-state index in [1.165, 1.54) is 6.07 Å². The molecule has 2 aromatic carbocycles. The van der Waals surface area contributed by atoms with Crippen LogP contribution in [0.1, 0.15) is 74.5 Å². The third-order valence-corrected chi connectivity index (χ3v) is 4.89. The molecule has 2 N–H and O–H groups in total. The van der Waals surface area contributed by atoms with Crippen LogP contribution in [0, 0.1) is 12.7 Å². The van der Waals surface area contributed by atoms with Gasteiger partial charge in [-0.25, -0.2) is 9.18 Å². The minimum atomic E-state index is -0.854. The van der Waals surface area contributed by atoms with Crippen molar-refractivity contribution in [3.63, 3.8) is 0 Å². The average molecular weight is 471 g/mol. The van der Waals surface area contributed by atoms with Crippen molar-refractivity contribution in [1.29, 1.82) is 0 Å². The van der Waals surface area contributed by atoms with E-state index in [1.807, 2.05) is 33.8 Å². The molecule has 0 aliphatic heterocycles. The Labute approximate surface area is 201 Å². The van der Waals surface area contributed by atoms with Crippen LogP contribution < -0.4 is 10.6 Å². The van der Waals surface area contributed by atoms with Gasteiger partial charge in [0.05, 0.1) is 6.54 Å². The van der Waals surface area contributed by atoms with E-state index < -0.39 is 29.0 Å². The Hall–Kier alpha value is -3.22. The number of rotatable bonds is 7. The van der Waals surface area contributed by atoms with Gasteiger partial charge in [0.15, 0.2) is 5.78 Å². The highest BCUT2D eigenvalue weighted by Crippen LogP contribution is 2.28. The van der Waals surface area contributed by atoms with E-state index >= 15 is 0 Å². The molecule has 0 aliphatic carbocycles. The minimum Gasteiger partial charge on any atom is -0.444 e. The lowest BCUT2D eigenvalue weighted by Crippen LogP contribution is -2.41. The first kappa shape index (κ1) is 27.0. The Morgan fingerprint density at radius 1 is 1.00 bits per heavy atom. The number of carbonyl (C=O) groups is 3. The van der Waals surface area contributed by atoms with Crippen molar-refractivity contribution in [3.8, 4) is 0 Å². The zero-order chi connectivity index (χ0) is 25.7. The molecule has 184 valence electrons. The molecule has 34 heavy (non-hydrogen) atoms. The first-order valence-electron chi connectivity index (χ1n) is 11.3. The molecule has 2 aromatic rings. The Kier molecular flexibility index (Phi) is 8.59. The zero-order valence-corrected chi connectivity index (χ0v) is 21.0. The number of hydrogen-bond acceptors (Lipinski definition) is 4. The molecule has 1 atom stereocenters. The van der Waals surface area contributed by atoms with Crippen LogP contribution in [-0.4, -0.2) is 35.5 Å². The van der Waals surface area contributed by atoms with Crippen molar-refractivity contribution < 1.29 is 23.5 Å². The van der Waals surface area contributed by atoms with E-state index in [0.29, 0.717) is 16.7 Å². The fraction of sp³-hybridized carbons (Fsp3) is 0.444. The highest BCUT2D eigenvalue weighted by Gasteiger charge is 2.29. The monoisotopic (exact) mass is 470 g/mol. The number of amides is 2. The second-order valence-electron chi connectivity index (χ2n) is 10.5. The Balaban J connectivity index is 2.44. The third-order valence-electron chi connectivity index (χ3n) is 4.89. The molecule has 0 saturated heterocycles. The van der Waals surface area contributed by atoms with Gasteiger partial charge in [-0.3, -0.25) is 9.59 Å². The number of ketones is 1. The van der Waals surface area contributed by atoms with Crippen LogP contribution in [0.4, 0.5) is 9.18 Å². The molecule has 6 nitrogen and oxygen atoms in total. The van der Waals surface area contributed by atoms with Gasteiger partial charge in [0.1, 0.15) is 11.4 Å². The van der Waals surface area contributed by atoms with E-state index in [-0.39, 0.29) is 24.7 Å². The summed E-state index contributed by atoms with van der Waals surface area (Å²) in [7, 11) is 0. The van der Waals surface area contributed by atoms with Crippen LogP contribution >= 0.6 is 0 Å². The number of Topliss-reactive ketones (excluding diaryl/α,β-unsaturated/α-hetero) is 1. The van der Waals surface area contributed by atoms with Gasteiger partial charge in [-0.05, 0) is 78.1 Å². The molecule has 7 heteroatoms. The summed E-state index contributed by atoms with van der Waals surface area (Å²) in [6.45, 7) is 12.3. The van der Waals surface area contributed by atoms with Crippen LogP contribution in [0.3, 0.4) is 0 Å². The number of aryl methyl sites for hydroxylation is 1. The second kappa shape index (κ2) is 10.8. The number of alkyl carbamates (subject to hydrolysis) is 1. The van der Waals surface area contributed by atoms with Crippen LogP contribution in [-0.2, 0) is 16.0 Å². The van der Waals surface area contributed by atoms with Crippen molar-refractivity contribution >= 4 is 17.8 Å². The van der Waals surface area contributed by atoms with E-state index in [1.54, 1.807) is 51.1 Å². The van der Waals surface area contributed by atoms with Gasteiger partial charge in [0.2, 0.25) is 0 Å². The van der Waals surface area contributed by atoms with Crippen molar-refractivity contribution in [2.45, 2.75) is 71.9 Å².